The fraction of sp³-hybridized carbons (Fsp3) is 0.695. The van der Waals surface area contributed by atoms with Gasteiger partial charge in [-0.15, -0.1) is 0 Å². The van der Waals surface area contributed by atoms with Crippen LogP contribution in [0.4, 0.5) is 13.2 Å². The van der Waals surface area contributed by atoms with Crippen molar-refractivity contribution in [1.29, 1.82) is 0 Å². The molecule has 1 N–H and O–H groups in total. The average molecular weight is 1100 g/mol. The lowest BCUT2D eigenvalue weighted by Gasteiger charge is -2.48. The number of carbonyl (C=O) groups is 5. The van der Waals surface area contributed by atoms with E-state index in [4.69, 9.17) is 9.47 Å². The zero-order valence-electron chi connectivity index (χ0n) is 48.5. The van der Waals surface area contributed by atoms with E-state index in [-0.39, 0.29) is 51.8 Å². The smallest absolute Gasteiger partial charge is 0.459 e. The van der Waals surface area contributed by atoms with Gasteiger partial charge in [-0.05, 0) is 174 Å². The van der Waals surface area contributed by atoms with Crippen molar-refractivity contribution in [1.82, 2.24) is 15.1 Å². The van der Waals surface area contributed by atoms with Crippen LogP contribution in [0.3, 0.4) is 0 Å². The van der Waals surface area contributed by atoms with Crippen LogP contribution in [-0.2, 0) is 38.2 Å². The van der Waals surface area contributed by atoms with E-state index in [1.807, 2.05) is 51.7 Å². The molecule has 18 heteroatoms. The quantitative estimate of drug-likeness (QED) is 0.0878. The van der Waals surface area contributed by atoms with Crippen LogP contribution in [0.1, 0.15) is 232 Å². The molecule has 2 aromatic rings. The Labute approximate surface area is 456 Å². The van der Waals surface area contributed by atoms with Crippen molar-refractivity contribution in [2.75, 3.05) is 0 Å². The van der Waals surface area contributed by atoms with E-state index < -0.39 is 62.6 Å². The van der Waals surface area contributed by atoms with Gasteiger partial charge in [-0.25, -0.2) is 14.6 Å². The van der Waals surface area contributed by atoms with E-state index in [1.165, 1.54) is 4.90 Å². The summed E-state index contributed by atoms with van der Waals surface area (Å²) in [5.41, 5.74) is -5.16. The minimum Gasteiger partial charge on any atom is -0.459 e. The number of aliphatic imine (C=N–C) groups is 1. The first-order chi connectivity index (χ1) is 35.2. The van der Waals surface area contributed by atoms with Gasteiger partial charge in [-0.2, -0.15) is 21.6 Å². The molecule has 2 spiro atoms. The van der Waals surface area contributed by atoms with E-state index >= 15 is 0 Å². The van der Waals surface area contributed by atoms with Crippen LogP contribution in [0.5, 0.6) is 0 Å². The maximum atomic E-state index is 13.9. The molecule has 0 aromatic heterocycles. The van der Waals surface area contributed by atoms with E-state index in [2.05, 4.69) is 76.8 Å². The summed E-state index contributed by atoms with van der Waals surface area (Å²) in [4.78, 5) is 72.4. The lowest BCUT2D eigenvalue weighted by Crippen LogP contribution is -2.56. The number of benzene rings is 2. The summed E-state index contributed by atoms with van der Waals surface area (Å²) >= 11 is 0. The molecule has 14 nitrogen and oxygen atoms in total. The molecule has 77 heavy (non-hydrogen) atoms. The number of halogens is 3. The van der Waals surface area contributed by atoms with Crippen molar-refractivity contribution in [3.8, 4) is 0 Å². The molecule has 6 rings (SSSR count). The SMILES string of the molecule is CC(C)OC(=O)c1ccc([C@@H](CCC(C)(C)C)N2C(=O)C(=O)NC23CCC(C(C)(C)C)CC3)cc1.CC(C)OC(=O)c1ccc([C@@H](CCC(C)(C)C)N2C(=O)C(OS(=O)(=O)C(F)(F)F)=NC23CCC(C(C)(C)C)CC3)cc1. The number of rotatable bonds is 13. The Hall–Kier alpha value is -5.00. The van der Waals surface area contributed by atoms with E-state index in [0.29, 0.717) is 61.1 Å². The van der Waals surface area contributed by atoms with Crippen LogP contribution in [-0.4, -0.2) is 82.8 Å². The first kappa shape index (κ1) is 62.8. The van der Waals surface area contributed by atoms with Gasteiger partial charge >= 0.3 is 45.3 Å². The average Bonchev–Trinajstić information content (AvgIpc) is 3.67. The number of hydrogen-bond acceptors (Lipinski definition) is 11. The van der Waals surface area contributed by atoms with Gasteiger partial charge in [0.2, 0.25) is 0 Å². The Morgan fingerprint density at radius 2 is 1.00 bits per heavy atom. The zero-order chi connectivity index (χ0) is 58.1. The number of esters is 2. The second kappa shape index (κ2) is 23.4. The molecule has 3 fully saturated rings. The van der Waals surface area contributed by atoms with Gasteiger partial charge in [0.25, 0.3) is 5.90 Å². The Morgan fingerprint density at radius 1 is 0.623 bits per heavy atom. The van der Waals surface area contributed by atoms with Crippen molar-refractivity contribution in [3.63, 3.8) is 0 Å². The molecule has 0 unspecified atom stereocenters. The fourth-order valence-corrected chi connectivity index (χ4v) is 11.6. The molecule has 2 atom stereocenters. The van der Waals surface area contributed by atoms with E-state index in [9.17, 15) is 45.6 Å². The zero-order valence-corrected chi connectivity index (χ0v) is 49.4. The summed E-state index contributed by atoms with van der Waals surface area (Å²) < 4.78 is 78.7. The number of hydrogen-bond donors (Lipinski definition) is 1. The maximum Gasteiger partial charge on any atom is 0.534 e. The van der Waals surface area contributed by atoms with Crippen LogP contribution < -0.4 is 5.32 Å². The molecule has 1 saturated heterocycles. The largest absolute Gasteiger partial charge is 0.534 e. The lowest BCUT2D eigenvalue weighted by molar-refractivity contribution is -0.144. The van der Waals surface area contributed by atoms with Crippen LogP contribution in [0.2, 0.25) is 0 Å². The second-order valence-electron chi connectivity index (χ2n) is 26.9. The topological polar surface area (TPSA) is 178 Å². The molecular weight excluding hydrogens is 1010 g/mol. The van der Waals surface area contributed by atoms with Crippen molar-refractivity contribution in [2.45, 2.75) is 229 Å². The van der Waals surface area contributed by atoms with Gasteiger partial charge in [0.15, 0.2) is 0 Å². The Balaban J connectivity index is 0.000000289. The number of carbonyl (C=O) groups excluding carboxylic acids is 5. The minimum absolute atomic E-state index is 0.0379. The predicted molar refractivity (Wildman–Crippen MR) is 290 cm³/mol. The number of amides is 3. The number of ether oxygens (including phenoxy) is 2. The normalized spacial score (nSPS) is 23.4. The fourth-order valence-electron chi connectivity index (χ4n) is 11.2. The molecule has 2 heterocycles. The Morgan fingerprint density at radius 3 is 1.35 bits per heavy atom. The Kier molecular flexibility index (Phi) is 19.1. The van der Waals surface area contributed by atoms with E-state index in [0.717, 1.165) is 44.1 Å². The predicted octanol–water partition coefficient (Wildman–Crippen LogP) is 13.2. The highest BCUT2D eigenvalue weighted by Crippen LogP contribution is 2.51. The van der Waals surface area contributed by atoms with Crippen LogP contribution in [0.25, 0.3) is 0 Å². The van der Waals surface area contributed by atoms with Crippen LogP contribution in [0, 0.1) is 33.5 Å². The summed E-state index contributed by atoms with van der Waals surface area (Å²) in [5, 5.41) is 3.10. The van der Waals surface area contributed by atoms with E-state index in [1.54, 1.807) is 50.2 Å². The van der Waals surface area contributed by atoms with Crippen LogP contribution >= 0.6 is 0 Å². The number of nitrogens with one attached hydrogen (secondary N) is 1. The van der Waals surface area contributed by atoms with Crippen LogP contribution in [0.15, 0.2) is 53.5 Å². The third kappa shape index (κ3) is 15.6. The molecule has 0 bridgehead atoms. The number of nitrogens with zero attached hydrogens (tertiary/aromatic N) is 3. The third-order valence-corrected chi connectivity index (χ3v) is 16.6. The summed E-state index contributed by atoms with van der Waals surface area (Å²) in [6, 6.07) is 13.0. The summed E-state index contributed by atoms with van der Waals surface area (Å²) in [5.74, 6) is -3.05. The lowest BCUT2D eigenvalue weighted by atomic mass is 9.69. The van der Waals surface area contributed by atoms with Crippen molar-refractivity contribution >= 4 is 45.7 Å². The summed E-state index contributed by atoms with van der Waals surface area (Å²) in [6.45, 7) is 32.9. The van der Waals surface area contributed by atoms with Gasteiger partial charge in [-0.3, -0.25) is 14.4 Å². The molecule has 2 saturated carbocycles. The van der Waals surface area contributed by atoms with Gasteiger partial charge in [0.1, 0.15) is 11.3 Å². The summed E-state index contributed by atoms with van der Waals surface area (Å²) in [7, 11) is -6.11. The third-order valence-electron chi connectivity index (χ3n) is 15.6. The number of alkyl halides is 3. The molecule has 3 amide bonds. The summed E-state index contributed by atoms with van der Waals surface area (Å²) in [6.07, 6.45) is 7.61. The first-order valence-corrected chi connectivity index (χ1v) is 28.8. The highest BCUT2D eigenvalue weighted by Gasteiger charge is 2.58. The Bertz CT molecular complexity index is 2570. The molecule has 4 aliphatic rings. The first-order valence-electron chi connectivity index (χ1n) is 27.4. The van der Waals surface area contributed by atoms with Crippen molar-refractivity contribution < 1.29 is 59.2 Å². The standard InChI is InChI=1S/C30H43F3N2O6S.C29H44N2O4/c1-19(2)40-26(37)21-11-9-20(10-12-21)23(15-16-27(3,4)5)35-25(36)24(41-42(38,39)30(31,32)33)34-29(35)17-13-22(14-18-29)28(6,7)8;1-19(2)35-26(34)21-11-9-20(10-12-21)23(15-16-27(3,4)5)31-25(33)24(32)30-29(31)17-13-22(14-18-29)28(6,7)8/h9-12,19,22-23H,13-18H2,1-8H3;9-12,19,22-23H,13-18H2,1-8H3,(H,30,32)/t2*22?,23-,29?/m11/s1. The molecular formula is C59H87F3N4O10S. The van der Waals surface area contributed by atoms with Gasteiger partial charge in [-0.1, -0.05) is 107 Å². The minimum atomic E-state index is -6.11. The molecule has 2 aromatic carbocycles. The van der Waals surface area contributed by atoms with Crippen molar-refractivity contribution in [3.05, 3.63) is 70.8 Å². The maximum absolute atomic E-state index is 13.9. The van der Waals surface area contributed by atoms with Gasteiger partial charge < -0.3 is 28.8 Å². The van der Waals surface area contributed by atoms with Crippen molar-refractivity contribution in [2.24, 2.45) is 38.5 Å². The highest BCUT2D eigenvalue weighted by molar-refractivity contribution is 7.88. The van der Waals surface area contributed by atoms with Gasteiger partial charge in [0, 0.05) is 0 Å². The monoisotopic (exact) mass is 1100 g/mol. The van der Waals surface area contributed by atoms with Gasteiger partial charge in [0.05, 0.1) is 35.4 Å². The second-order valence-corrected chi connectivity index (χ2v) is 28.4. The molecule has 2 aliphatic heterocycles. The molecule has 2 aliphatic carbocycles. The highest BCUT2D eigenvalue weighted by atomic mass is 32.2. The molecule has 0 radical (unpaired) electrons. The molecule has 430 valence electrons.